The van der Waals surface area contributed by atoms with E-state index in [1.807, 2.05) is 11.4 Å². The Hall–Kier alpha value is -1.31. The summed E-state index contributed by atoms with van der Waals surface area (Å²) in [4.78, 5) is 16.2. The zero-order valence-electron chi connectivity index (χ0n) is 8.64. The highest BCUT2D eigenvalue weighted by Gasteiger charge is 2.09. The first-order valence-corrected chi connectivity index (χ1v) is 6.59. The van der Waals surface area contributed by atoms with Gasteiger partial charge >= 0.3 is 0 Å². The number of nitrogens with one attached hydrogen (secondary N) is 1. The fourth-order valence-corrected chi connectivity index (χ4v) is 2.50. The average molecular weight is 310 g/mol. The normalized spacial score (nSPS) is 11.2. The Balaban J connectivity index is 2.11. The number of hydrogen-bond acceptors (Lipinski definition) is 5. The van der Waals surface area contributed by atoms with Crippen molar-refractivity contribution in [2.45, 2.75) is 6.54 Å². The molecule has 0 fully saturated rings. The number of nitrogens with zero attached hydrogens (tertiary/aromatic N) is 3. The van der Waals surface area contributed by atoms with E-state index in [2.05, 4.69) is 35.9 Å². The number of nitrogens with two attached hydrogens (primary N) is 1. The van der Waals surface area contributed by atoms with Crippen molar-refractivity contribution in [1.29, 1.82) is 0 Å². The monoisotopic (exact) mass is 309 g/mol. The molecule has 3 heterocycles. The maximum Gasteiger partial charge on any atom is 0.178 e. The van der Waals surface area contributed by atoms with E-state index in [9.17, 15) is 0 Å². The van der Waals surface area contributed by atoms with Crippen LogP contribution in [0.1, 0.15) is 5.01 Å². The highest BCUT2D eigenvalue weighted by Crippen LogP contribution is 2.22. The van der Waals surface area contributed by atoms with E-state index in [4.69, 9.17) is 5.73 Å². The molecule has 0 amide bonds. The first-order chi connectivity index (χ1) is 8.26. The maximum absolute atomic E-state index is 5.53. The van der Waals surface area contributed by atoms with E-state index in [1.165, 1.54) is 11.3 Å². The molecule has 0 saturated carbocycles. The van der Waals surface area contributed by atoms with Crippen molar-refractivity contribution < 1.29 is 0 Å². The summed E-state index contributed by atoms with van der Waals surface area (Å²) in [6, 6.07) is 1.94. The number of pyridine rings is 1. The molecule has 3 aromatic heterocycles. The molecule has 3 rings (SSSR count). The van der Waals surface area contributed by atoms with Crippen molar-refractivity contribution in [2.75, 3.05) is 0 Å². The molecule has 0 radical (unpaired) electrons. The zero-order valence-corrected chi connectivity index (χ0v) is 11.0. The summed E-state index contributed by atoms with van der Waals surface area (Å²) in [5.41, 5.74) is 7.92. The molecule has 0 aromatic carbocycles. The highest BCUT2D eigenvalue weighted by atomic mass is 79.9. The smallest absolute Gasteiger partial charge is 0.178 e. The van der Waals surface area contributed by atoms with Crippen molar-refractivity contribution in [1.82, 2.24) is 19.9 Å². The Bertz CT molecular complexity index is 674. The Kier molecular flexibility index (Phi) is 2.65. The van der Waals surface area contributed by atoms with E-state index < -0.39 is 0 Å². The second-order valence-corrected chi connectivity index (χ2v) is 5.30. The van der Waals surface area contributed by atoms with Gasteiger partial charge in [0.15, 0.2) is 11.5 Å². The van der Waals surface area contributed by atoms with Gasteiger partial charge in [0.1, 0.15) is 10.7 Å². The lowest BCUT2D eigenvalue weighted by Gasteiger charge is -1.87. The topological polar surface area (TPSA) is 80.5 Å². The number of imidazole rings is 1. The van der Waals surface area contributed by atoms with Gasteiger partial charge in [0.2, 0.25) is 0 Å². The fourth-order valence-electron chi connectivity index (χ4n) is 1.51. The van der Waals surface area contributed by atoms with Crippen LogP contribution in [0.25, 0.3) is 22.7 Å². The molecule has 7 heteroatoms. The van der Waals surface area contributed by atoms with Crippen LogP contribution in [0.4, 0.5) is 0 Å². The Morgan fingerprint density at radius 1 is 1.41 bits per heavy atom. The number of thiazole rings is 1. The van der Waals surface area contributed by atoms with Crippen LogP contribution in [0.2, 0.25) is 0 Å². The van der Waals surface area contributed by atoms with E-state index in [-0.39, 0.29) is 0 Å². The molecule has 5 nitrogen and oxygen atoms in total. The van der Waals surface area contributed by atoms with Gasteiger partial charge in [-0.1, -0.05) is 0 Å². The Morgan fingerprint density at radius 2 is 2.29 bits per heavy atom. The second-order valence-electron chi connectivity index (χ2n) is 3.44. The number of fused-ring (bicyclic) bond motifs is 1. The van der Waals surface area contributed by atoms with Gasteiger partial charge in [-0.2, -0.15) is 0 Å². The number of H-pyrrole nitrogens is 1. The number of aromatic amines is 1. The predicted molar refractivity (Wildman–Crippen MR) is 70.6 cm³/mol. The van der Waals surface area contributed by atoms with E-state index >= 15 is 0 Å². The van der Waals surface area contributed by atoms with Crippen molar-refractivity contribution >= 4 is 38.4 Å². The number of rotatable bonds is 2. The van der Waals surface area contributed by atoms with Gasteiger partial charge in [-0.25, -0.2) is 15.0 Å². The van der Waals surface area contributed by atoms with Gasteiger partial charge in [-0.05, 0) is 22.0 Å². The van der Waals surface area contributed by atoms with E-state index in [0.717, 1.165) is 26.5 Å². The molecule has 17 heavy (non-hydrogen) atoms. The van der Waals surface area contributed by atoms with Gasteiger partial charge in [-0.3, -0.25) is 0 Å². The lowest BCUT2D eigenvalue weighted by Crippen LogP contribution is -1.94. The summed E-state index contributed by atoms with van der Waals surface area (Å²) in [7, 11) is 0. The van der Waals surface area contributed by atoms with Crippen LogP contribution in [-0.4, -0.2) is 19.9 Å². The summed E-state index contributed by atoms with van der Waals surface area (Å²) in [6.07, 6.45) is 1.72. The number of aromatic nitrogens is 4. The third-order valence-electron chi connectivity index (χ3n) is 2.27. The first kappa shape index (κ1) is 10.8. The molecule has 0 spiro atoms. The Morgan fingerprint density at radius 3 is 3.06 bits per heavy atom. The zero-order chi connectivity index (χ0) is 11.8. The van der Waals surface area contributed by atoms with Gasteiger partial charge in [-0.15, -0.1) is 11.3 Å². The number of halogens is 1. The molecule has 0 aliphatic rings. The minimum Gasteiger partial charge on any atom is -0.335 e. The van der Waals surface area contributed by atoms with Gasteiger partial charge in [0.05, 0.1) is 5.52 Å². The molecule has 86 valence electrons. The summed E-state index contributed by atoms with van der Waals surface area (Å²) in [5.74, 6) is 0.724. The molecule has 3 N–H and O–H groups in total. The fraction of sp³-hybridized carbons (Fsp3) is 0.100. The third-order valence-corrected chi connectivity index (χ3v) is 3.58. The van der Waals surface area contributed by atoms with Crippen LogP contribution in [0.15, 0.2) is 22.1 Å². The molecule has 0 saturated heterocycles. The summed E-state index contributed by atoms with van der Waals surface area (Å²) >= 11 is 4.90. The summed E-state index contributed by atoms with van der Waals surface area (Å²) < 4.78 is 0.918. The molecule has 0 aliphatic heterocycles. The van der Waals surface area contributed by atoms with Crippen molar-refractivity contribution in [3.8, 4) is 11.5 Å². The lowest BCUT2D eigenvalue weighted by molar-refractivity contribution is 1.04. The minimum atomic E-state index is 0.453. The minimum absolute atomic E-state index is 0.453. The lowest BCUT2D eigenvalue weighted by atomic mass is 10.4. The average Bonchev–Trinajstić information content (AvgIpc) is 2.93. The first-order valence-electron chi connectivity index (χ1n) is 4.92. The molecular formula is C10H8BrN5S. The maximum atomic E-state index is 5.53. The van der Waals surface area contributed by atoms with Crippen LogP contribution in [0.5, 0.6) is 0 Å². The third kappa shape index (κ3) is 1.97. The van der Waals surface area contributed by atoms with Crippen LogP contribution in [0.3, 0.4) is 0 Å². The van der Waals surface area contributed by atoms with Crippen LogP contribution in [-0.2, 0) is 6.54 Å². The summed E-state index contributed by atoms with van der Waals surface area (Å²) in [6.45, 7) is 0.453. The SMILES string of the molecule is NCc1nc(-c2nc3ncc(Br)cc3[nH]2)cs1. The molecule has 0 aliphatic carbocycles. The van der Waals surface area contributed by atoms with Crippen molar-refractivity contribution in [3.05, 3.63) is 27.1 Å². The Labute approximate surface area is 109 Å². The molecule has 0 unspecified atom stereocenters. The van der Waals surface area contributed by atoms with E-state index in [0.29, 0.717) is 12.2 Å². The largest absolute Gasteiger partial charge is 0.335 e. The number of hydrogen-bond donors (Lipinski definition) is 2. The van der Waals surface area contributed by atoms with Crippen molar-refractivity contribution in [3.63, 3.8) is 0 Å². The van der Waals surface area contributed by atoms with Crippen LogP contribution >= 0.6 is 27.3 Å². The van der Waals surface area contributed by atoms with Crippen LogP contribution in [0, 0.1) is 0 Å². The highest BCUT2D eigenvalue weighted by molar-refractivity contribution is 9.10. The molecular weight excluding hydrogens is 302 g/mol. The molecule has 0 bridgehead atoms. The predicted octanol–water partition coefficient (Wildman–Crippen LogP) is 2.30. The molecule has 0 atom stereocenters. The van der Waals surface area contributed by atoms with Gasteiger partial charge in [0, 0.05) is 22.6 Å². The van der Waals surface area contributed by atoms with Crippen LogP contribution < -0.4 is 5.73 Å². The standard InChI is InChI=1S/C10H8BrN5S/c11-5-1-6-9(13-3-5)16-10(15-6)7-4-17-8(2-12)14-7/h1,3-4H,2,12H2,(H,13,15,16). The van der Waals surface area contributed by atoms with Gasteiger partial charge < -0.3 is 10.7 Å². The second kappa shape index (κ2) is 4.17. The van der Waals surface area contributed by atoms with Crippen molar-refractivity contribution in [2.24, 2.45) is 5.73 Å². The quantitative estimate of drug-likeness (QED) is 0.761. The van der Waals surface area contributed by atoms with Gasteiger partial charge in [0.25, 0.3) is 0 Å². The molecule has 3 aromatic rings. The summed E-state index contributed by atoms with van der Waals surface area (Å²) in [5, 5.41) is 2.84. The van der Waals surface area contributed by atoms with E-state index in [1.54, 1.807) is 6.20 Å².